The molecule has 1 aromatic heterocycles. The molecule has 0 saturated heterocycles. The van der Waals surface area contributed by atoms with Crippen LogP contribution in [0.25, 0.3) is 0 Å². The predicted octanol–water partition coefficient (Wildman–Crippen LogP) is 3.36. The molecule has 1 heterocycles. The first-order valence-corrected chi connectivity index (χ1v) is 7.30. The zero-order valence-electron chi connectivity index (χ0n) is 11.2. The van der Waals surface area contributed by atoms with Crippen molar-refractivity contribution in [3.63, 3.8) is 0 Å². The van der Waals surface area contributed by atoms with Gasteiger partial charge in [0.25, 0.3) is 0 Å². The molecule has 2 aliphatic rings. The molecule has 3 heteroatoms. The van der Waals surface area contributed by atoms with Crippen LogP contribution in [0.2, 0.25) is 0 Å². The second kappa shape index (κ2) is 5.17. The number of rotatable bonds is 5. The molecule has 18 heavy (non-hydrogen) atoms. The molecular weight excluding hydrogens is 222 g/mol. The van der Waals surface area contributed by atoms with Crippen LogP contribution >= 0.6 is 0 Å². The van der Waals surface area contributed by atoms with Crippen LogP contribution in [0.5, 0.6) is 0 Å². The second-order valence-electron chi connectivity index (χ2n) is 5.75. The fraction of sp³-hybridized carbons (Fsp3) is 0.667. The summed E-state index contributed by atoms with van der Waals surface area (Å²) < 4.78 is 0. The highest BCUT2D eigenvalue weighted by Crippen LogP contribution is 2.48. The fourth-order valence-corrected chi connectivity index (χ4v) is 3.67. The molecule has 3 unspecified atom stereocenters. The summed E-state index contributed by atoms with van der Waals surface area (Å²) in [7, 11) is 0. The van der Waals surface area contributed by atoms with Crippen molar-refractivity contribution in [3.8, 4) is 0 Å². The first-order valence-electron chi connectivity index (χ1n) is 7.30. The Hall–Kier alpha value is -1.25. The number of hydrogen-bond acceptors (Lipinski definition) is 3. The summed E-state index contributed by atoms with van der Waals surface area (Å²) in [6.45, 7) is 4.11. The van der Waals surface area contributed by atoms with Crippen molar-refractivity contribution in [1.82, 2.24) is 4.98 Å². The van der Waals surface area contributed by atoms with Crippen LogP contribution in [0.4, 0.5) is 11.6 Å². The summed E-state index contributed by atoms with van der Waals surface area (Å²) in [6, 6.07) is 6.15. The highest BCUT2D eigenvalue weighted by atomic mass is 15.1. The van der Waals surface area contributed by atoms with Crippen LogP contribution in [-0.2, 0) is 0 Å². The topological polar surface area (TPSA) is 37.0 Å². The number of hydrogen-bond donors (Lipinski definition) is 2. The molecule has 0 radical (unpaired) electrons. The number of fused-ring (bicyclic) bond motifs is 2. The molecule has 0 aromatic carbocycles. The molecular formula is C15H23N3. The van der Waals surface area contributed by atoms with Gasteiger partial charge in [-0.2, -0.15) is 0 Å². The molecule has 98 valence electrons. The third-order valence-electron chi connectivity index (χ3n) is 4.54. The predicted molar refractivity (Wildman–Crippen MR) is 75.8 cm³/mol. The number of aromatic nitrogens is 1. The standard InChI is InChI=1S/C15H23N3/c1-2-16-14-4-3-5-15(18-14)17-10-13-9-11-6-7-12(13)8-11/h3-5,11-13H,2,6-10H2,1H3,(H2,16,17,18). The number of nitrogens with one attached hydrogen (secondary N) is 2. The third kappa shape index (κ3) is 2.45. The van der Waals surface area contributed by atoms with E-state index in [9.17, 15) is 0 Å². The maximum Gasteiger partial charge on any atom is 0.128 e. The van der Waals surface area contributed by atoms with E-state index in [4.69, 9.17) is 0 Å². The van der Waals surface area contributed by atoms with Gasteiger partial charge in [-0.25, -0.2) is 4.98 Å². The largest absolute Gasteiger partial charge is 0.370 e. The van der Waals surface area contributed by atoms with Gasteiger partial charge in [0.15, 0.2) is 0 Å². The second-order valence-corrected chi connectivity index (χ2v) is 5.75. The van der Waals surface area contributed by atoms with E-state index in [-0.39, 0.29) is 0 Å². The molecule has 2 N–H and O–H groups in total. The summed E-state index contributed by atoms with van der Waals surface area (Å²) >= 11 is 0. The summed E-state index contributed by atoms with van der Waals surface area (Å²) in [5, 5.41) is 6.77. The van der Waals surface area contributed by atoms with Crippen molar-refractivity contribution in [2.45, 2.75) is 32.6 Å². The van der Waals surface area contributed by atoms with E-state index in [1.54, 1.807) is 0 Å². The van der Waals surface area contributed by atoms with Crippen LogP contribution in [0.1, 0.15) is 32.6 Å². The van der Waals surface area contributed by atoms with Crippen LogP contribution < -0.4 is 10.6 Å². The molecule has 0 aliphatic heterocycles. The van der Waals surface area contributed by atoms with Gasteiger partial charge in [-0.3, -0.25) is 0 Å². The van der Waals surface area contributed by atoms with Crippen molar-refractivity contribution in [3.05, 3.63) is 18.2 Å². The van der Waals surface area contributed by atoms with E-state index in [0.717, 1.165) is 42.5 Å². The van der Waals surface area contributed by atoms with Crippen molar-refractivity contribution in [2.75, 3.05) is 23.7 Å². The van der Waals surface area contributed by atoms with Crippen LogP contribution in [0.3, 0.4) is 0 Å². The van der Waals surface area contributed by atoms with Crippen molar-refractivity contribution < 1.29 is 0 Å². The van der Waals surface area contributed by atoms with Crippen LogP contribution in [0.15, 0.2) is 18.2 Å². The van der Waals surface area contributed by atoms with Crippen molar-refractivity contribution in [1.29, 1.82) is 0 Å². The van der Waals surface area contributed by atoms with Crippen LogP contribution in [0, 0.1) is 17.8 Å². The number of anilines is 2. The molecule has 2 fully saturated rings. The van der Waals surface area contributed by atoms with Gasteiger partial charge in [-0.1, -0.05) is 12.5 Å². The Balaban J connectivity index is 1.55. The first-order chi connectivity index (χ1) is 8.85. The first kappa shape index (κ1) is 11.8. The molecule has 3 nitrogen and oxygen atoms in total. The lowest BCUT2D eigenvalue weighted by atomic mass is 9.89. The van der Waals surface area contributed by atoms with Crippen molar-refractivity contribution in [2.24, 2.45) is 17.8 Å². The average Bonchev–Trinajstić information content (AvgIpc) is 2.99. The van der Waals surface area contributed by atoms with Gasteiger partial charge in [-0.05, 0) is 56.1 Å². The number of pyridine rings is 1. The van der Waals surface area contributed by atoms with E-state index in [1.807, 2.05) is 6.07 Å². The molecule has 2 aliphatic carbocycles. The number of nitrogens with zero attached hydrogens (tertiary/aromatic N) is 1. The maximum atomic E-state index is 4.56. The van der Waals surface area contributed by atoms with Gasteiger partial charge in [0, 0.05) is 13.1 Å². The monoisotopic (exact) mass is 245 g/mol. The summed E-state index contributed by atoms with van der Waals surface area (Å²) in [4.78, 5) is 4.56. The molecule has 2 bridgehead atoms. The highest BCUT2D eigenvalue weighted by Gasteiger charge is 2.38. The Morgan fingerprint density at radius 3 is 2.67 bits per heavy atom. The molecule has 1 aromatic rings. The zero-order valence-corrected chi connectivity index (χ0v) is 11.2. The Bertz CT molecular complexity index is 404. The summed E-state index contributed by atoms with van der Waals surface area (Å²) in [5.74, 6) is 4.88. The third-order valence-corrected chi connectivity index (χ3v) is 4.54. The lowest BCUT2D eigenvalue weighted by Gasteiger charge is -2.22. The Labute approximate surface area is 109 Å². The average molecular weight is 245 g/mol. The van der Waals surface area contributed by atoms with E-state index < -0.39 is 0 Å². The van der Waals surface area contributed by atoms with Gasteiger partial charge >= 0.3 is 0 Å². The molecule has 2 saturated carbocycles. The molecule has 3 rings (SSSR count). The highest BCUT2D eigenvalue weighted by molar-refractivity contribution is 5.45. The van der Waals surface area contributed by atoms with E-state index >= 15 is 0 Å². The minimum absolute atomic E-state index is 0.883. The van der Waals surface area contributed by atoms with Crippen molar-refractivity contribution >= 4 is 11.6 Å². The van der Waals surface area contributed by atoms with Gasteiger partial charge < -0.3 is 10.6 Å². The Kier molecular flexibility index (Phi) is 3.39. The molecule has 0 amide bonds. The van der Waals surface area contributed by atoms with Gasteiger partial charge in [-0.15, -0.1) is 0 Å². The Morgan fingerprint density at radius 1 is 1.17 bits per heavy atom. The lowest BCUT2D eigenvalue weighted by Crippen LogP contribution is -2.20. The smallest absolute Gasteiger partial charge is 0.128 e. The van der Waals surface area contributed by atoms with E-state index in [2.05, 4.69) is 34.7 Å². The minimum Gasteiger partial charge on any atom is -0.370 e. The molecule has 3 atom stereocenters. The maximum absolute atomic E-state index is 4.56. The molecule has 0 spiro atoms. The zero-order chi connectivity index (χ0) is 12.4. The summed E-state index contributed by atoms with van der Waals surface area (Å²) in [6.07, 6.45) is 5.86. The van der Waals surface area contributed by atoms with Gasteiger partial charge in [0.05, 0.1) is 0 Å². The van der Waals surface area contributed by atoms with Gasteiger partial charge in [0.2, 0.25) is 0 Å². The normalized spacial score (nSPS) is 29.5. The fourth-order valence-electron chi connectivity index (χ4n) is 3.67. The quantitative estimate of drug-likeness (QED) is 0.835. The van der Waals surface area contributed by atoms with E-state index in [1.165, 1.54) is 25.7 Å². The minimum atomic E-state index is 0.883. The van der Waals surface area contributed by atoms with Gasteiger partial charge in [0.1, 0.15) is 11.6 Å². The lowest BCUT2D eigenvalue weighted by molar-refractivity contribution is 0.348. The SMILES string of the molecule is CCNc1cccc(NCC2CC3CCC2C3)n1. The Morgan fingerprint density at radius 2 is 2.00 bits per heavy atom. The summed E-state index contributed by atoms with van der Waals surface area (Å²) in [5.41, 5.74) is 0. The van der Waals surface area contributed by atoms with Crippen LogP contribution in [-0.4, -0.2) is 18.1 Å². The van der Waals surface area contributed by atoms with E-state index in [0.29, 0.717) is 0 Å².